The fraction of sp³-hybridized carbons (Fsp3) is 0.333. The highest BCUT2D eigenvalue weighted by molar-refractivity contribution is 8.14. The molecule has 124 valence electrons. The molecule has 1 saturated heterocycles. The fourth-order valence-electron chi connectivity index (χ4n) is 3.36. The number of ether oxygens (including phenoxy) is 1. The number of rotatable bonds is 3. The summed E-state index contributed by atoms with van der Waals surface area (Å²) < 4.78 is 5.29. The van der Waals surface area contributed by atoms with Crippen LogP contribution in [-0.2, 0) is 0 Å². The second-order valence-corrected chi connectivity index (χ2v) is 7.47. The first-order valence-electron chi connectivity index (χ1n) is 7.96. The molecular weight excluding hydrogens is 322 g/mol. The number of nitrogens with zero attached hydrogens (tertiary/aromatic N) is 3. The van der Waals surface area contributed by atoms with Gasteiger partial charge in [-0.15, -0.1) is 0 Å². The Labute approximate surface area is 145 Å². The quantitative estimate of drug-likeness (QED) is 0.927. The van der Waals surface area contributed by atoms with Crippen LogP contribution >= 0.6 is 11.8 Å². The summed E-state index contributed by atoms with van der Waals surface area (Å²) in [6.45, 7) is 3.18. The normalized spacial score (nSPS) is 25.5. The van der Waals surface area contributed by atoms with Crippen LogP contribution in [0.1, 0.15) is 30.3 Å². The molecule has 2 aliphatic rings. The number of hydrogen-bond acceptors (Lipinski definition) is 6. The third-order valence-corrected chi connectivity index (χ3v) is 5.53. The van der Waals surface area contributed by atoms with E-state index in [1.165, 1.54) is 0 Å². The van der Waals surface area contributed by atoms with E-state index in [1.54, 1.807) is 13.2 Å². The fourth-order valence-corrected chi connectivity index (χ4v) is 4.45. The van der Waals surface area contributed by atoms with Crippen LogP contribution in [0.4, 0.5) is 0 Å². The van der Waals surface area contributed by atoms with Crippen LogP contribution < -0.4 is 4.74 Å². The molecule has 1 aromatic carbocycles. The van der Waals surface area contributed by atoms with Crippen LogP contribution in [0.25, 0.3) is 0 Å². The zero-order chi connectivity index (χ0) is 16.7. The van der Waals surface area contributed by atoms with E-state index in [0.717, 1.165) is 23.0 Å². The van der Waals surface area contributed by atoms with Crippen molar-refractivity contribution >= 4 is 16.9 Å². The van der Waals surface area contributed by atoms with Gasteiger partial charge in [0.15, 0.2) is 16.7 Å². The number of amidine groups is 1. The van der Waals surface area contributed by atoms with Crippen molar-refractivity contribution in [3.8, 4) is 11.5 Å². The van der Waals surface area contributed by atoms with E-state index in [1.807, 2.05) is 48.3 Å². The van der Waals surface area contributed by atoms with Gasteiger partial charge in [0.05, 0.1) is 18.8 Å². The monoisotopic (exact) mass is 341 g/mol. The minimum Gasteiger partial charge on any atom is -0.504 e. The number of methoxy groups -OCH3 is 1. The highest BCUT2D eigenvalue weighted by atomic mass is 32.2. The van der Waals surface area contributed by atoms with Crippen molar-refractivity contribution in [2.24, 2.45) is 4.99 Å². The number of benzene rings is 1. The van der Waals surface area contributed by atoms with Crippen LogP contribution in [0.5, 0.6) is 11.5 Å². The summed E-state index contributed by atoms with van der Waals surface area (Å²) in [5.74, 6) is 0.638. The van der Waals surface area contributed by atoms with Crippen molar-refractivity contribution in [3.63, 3.8) is 0 Å². The Morgan fingerprint density at radius 1 is 1.29 bits per heavy atom. The molecule has 5 nitrogen and oxygen atoms in total. The van der Waals surface area contributed by atoms with Crippen molar-refractivity contribution in [3.05, 3.63) is 53.9 Å². The lowest BCUT2D eigenvalue weighted by molar-refractivity contribution is 0.318. The average Bonchev–Trinajstić information content (AvgIpc) is 3.12. The Morgan fingerprint density at radius 3 is 2.92 bits per heavy atom. The predicted octanol–water partition coefficient (Wildman–Crippen LogP) is 3.39. The van der Waals surface area contributed by atoms with Crippen LogP contribution in [0.15, 0.2) is 47.6 Å². The summed E-state index contributed by atoms with van der Waals surface area (Å²) >= 11 is 1.81. The lowest BCUT2D eigenvalue weighted by Gasteiger charge is -2.27. The number of hydrogen-bond donors (Lipinski definition) is 1. The first-order valence-corrected chi connectivity index (χ1v) is 8.84. The molecule has 1 fully saturated rings. The van der Waals surface area contributed by atoms with Gasteiger partial charge < -0.3 is 14.7 Å². The maximum atomic E-state index is 9.91. The van der Waals surface area contributed by atoms with Gasteiger partial charge in [0, 0.05) is 18.0 Å². The Bertz CT molecular complexity index is 781. The standard InChI is InChI=1S/C18H19N3O2S/c1-11-10-21-17(12-6-7-14(22)15(9-12)23-2)16(20-18(21)24-11)13-5-3-4-8-19-13/h3-9,11,16-17,22H,10H2,1-2H3/t11-,16-,17+/m0/s1. The number of aromatic nitrogens is 1. The number of fused-ring (bicyclic) bond motifs is 1. The number of phenolic OH excluding ortho intramolecular Hbond substituents is 1. The maximum Gasteiger partial charge on any atom is 0.160 e. The predicted molar refractivity (Wildman–Crippen MR) is 95.6 cm³/mol. The summed E-state index contributed by atoms with van der Waals surface area (Å²) in [4.78, 5) is 11.8. The molecule has 0 aliphatic carbocycles. The topological polar surface area (TPSA) is 58.0 Å². The minimum atomic E-state index is -0.0459. The summed E-state index contributed by atoms with van der Waals surface area (Å²) in [5.41, 5.74) is 2.04. The van der Waals surface area contributed by atoms with Crippen molar-refractivity contribution in [2.45, 2.75) is 24.3 Å². The van der Waals surface area contributed by atoms with Crippen molar-refractivity contribution in [2.75, 3.05) is 13.7 Å². The Morgan fingerprint density at radius 2 is 2.17 bits per heavy atom. The van der Waals surface area contributed by atoms with Gasteiger partial charge in [0.1, 0.15) is 6.04 Å². The van der Waals surface area contributed by atoms with Crippen LogP contribution in [-0.4, -0.2) is 39.1 Å². The SMILES string of the molecule is COc1cc([C@@H]2[C@H](c3ccccn3)N=C3S[C@@H](C)CN32)ccc1O. The molecule has 1 aromatic heterocycles. The third kappa shape index (κ3) is 2.51. The first-order chi connectivity index (χ1) is 11.7. The van der Waals surface area contributed by atoms with E-state index in [9.17, 15) is 5.11 Å². The summed E-state index contributed by atoms with van der Waals surface area (Å²) in [6, 6.07) is 11.5. The number of aromatic hydroxyl groups is 1. The average molecular weight is 341 g/mol. The van der Waals surface area contributed by atoms with Gasteiger partial charge in [-0.2, -0.15) is 0 Å². The van der Waals surface area contributed by atoms with Gasteiger partial charge in [0.25, 0.3) is 0 Å². The van der Waals surface area contributed by atoms with E-state index >= 15 is 0 Å². The lowest BCUT2D eigenvalue weighted by Crippen LogP contribution is -2.28. The molecule has 4 rings (SSSR count). The lowest BCUT2D eigenvalue weighted by atomic mass is 9.96. The number of phenols is 1. The second-order valence-electron chi connectivity index (χ2n) is 6.07. The molecule has 1 N–H and O–H groups in total. The van der Waals surface area contributed by atoms with Crippen molar-refractivity contribution in [1.29, 1.82) is 0 Å². The van der Waals surface area contributed by atoms with Gasteiger partial charge >= 0.3 is 0 Å². The number of pyridine rings is 1. The smallest absolute Gasteiger partial charge is 0.160 e. The molecule has 0 bridgehead atoms. The molecule has 0 radical (unpaired) electrons. The largest absolute Gasteiger partial charge is 0.504 e. The van der Waals surface area contributed by atoms with E-state index in [-0.39, 0.29) is 17.8 Å². The maximum absolute atomic E-state index is 9.91. The van der Waals surface area contributed by atoms with Crippen LogP contribution in [0.2, 0.25) is 0 Å². The second kappa shape index (κ2) is 6.02. The molecule has 0 unspecified atom stereocenters. The molecule has 3 heterocycles. The minimum absolute atomic E-state index is 0.0459. The van der Waals surface area contributed by atoms with Gasteiger partial charge in [0.2, 0.25) is 0 Å². The molecule has 2 aliphatic heterocycles. The summed E-state index contributed by atoms with van der Waals surface area (Å²) in [5, 5.41) is 11.5. The van der Waals surface area contributed by atoms with Crippen molar-refractivity contribution < 1.29 is 9.84 Å². The Kier molecular flexibility index (Phi) is 3.84. The molecule has 0 amide bonds. The van der Waals surface area contributed by atoms with E-state index in [2.05, 4.69) is 16.8 Å². The first kappa shape index (κ1) is 15.3. The molecule has 24 heavy (non-hydrogen) atoms. The van der Waals surface area contributed by atoms with Crippen molar-refractivity contribution in [1.82, 2.24) is 9.88 Å². The summed E-state index contributed by atoms with van der Waals surface area (Å²) in [6.07, 6.45) is 1.81. The van der Waals surface area contributed by atoms with Gasteiger partial charge in [-0.05, 0) is 29.8 Å². The van der Waals surface area contributed by atoms with E-state index in [0.29, 0.717) is 11.0 Å². The van der Waals surface area contributed by atoms with Crippen LogP contribution in [0.3, 0.4) is 0 Å². The Balaban J connectivity index is 1.78. The van der Waals surface area contributed by atoms with Gasteiger partial charge in [-0.25, -0.2) is 0 Å². The number of aliphatic imine (C=N–C) groups is 1. The molecular formula is C18H19N3O2S. The molecule has 0 saturated carbocycles. The molecule has 3 atom stereocenters. The molecule has 0 spiro atoms. The zero-order valence-corrected chi connectivity index (χ0v) is 14.4. The zero-order valence-electron chi connectivity index (χ0n) is 13.6. The highest BCUT2D eigenvalue weighted by Gasteiger charge is 2.43. The number of thioether (sulfide) groups is 1. The van der Waals surface area contributed by atoms with Gasteiger partial charge in [-0.3, -0.25) is 9.98 Å². The summed E-state index contributed by atoms with van der Waals surface area (Å²) in [7, 11) is 1.57. The van der Waals surface area contributed by atoms with E-state index < -0.39 is 0 Å². The van der Waals surface area contributed by atoms with Gasteiger partial charge in [-0.1, -0.05) is 30.8 Å². The third-order valence-electron chi connectivity index (χ3n) is 4.43. The molecule has 6 heteroatoms. The van der Waals surface area contributed by atoms with Crippen LogP contribution in [0, 0.1) is 0 Å². The Hall–Kier alpha value is -2.21. The highest BCUT2D eigenvalue weighted by Crippen LogP contribution is 2.48. The molecule has 2 aromatic rings. The van der Waals surface area contributed by atoms with E-state index in [4.69, 9.17) is 9.73 Å².